The Morgan fingerprint density at radius 1 is 1.37 bits per heavy atom. The summed E-state index contributed by atoms with van der Waals surface area (Å²) in [5.41, 5.74) is 1.31. The molecule has 1 saturated carbocycles. The van der Waals surface area contributed by atoms with Crippen molar-refractivity contribution in [3.63, 3.8) is 0 Å². The van der Waals surface area contributed by atoms with Crippen LogP contribution in [0.3, 0.4) is 0 Å². The van der Waals surface area contributed by atoms with E-state index < -0.39 is 5.54 Å². The Morgan fingerprint density at radius 3 is 2.63 bits per heavy atom. The van der Waals surface area contributed by atoms with E-state index in [0.29, 0.717) is 5.56 Å². The molecule has 1 aromatic carbocycles. The quantitative estimate of drug-likeness (QED) is 0.896. The molecule has 19 heavy (non-hydrogen) atoms. The number of hydrogen-bond donors (Lipinski definition) is 2. The lowest BCUT2D eigenvalue weighted by molar-refractivity contribution is 0.0758. The summed E-state index contributed by atoms with van der Waals surface area (Å²) < 4.78 is 0.932. The average molecular weight is 326 g/mol. The van der Waals surface area contributed by atoms with Gasteiger partial charge in [-0.05, 0) is 37.5 Å². The Hall–Kier alpha value is -0.870. The van der Waals surface area contributed by atoms with Gasteiger partial charge in [0, 0.05) is 10.0 Å². The third-order valence-electron chi connectivity index (χ3n) is 3.93. The van der Waals surface area contributed by atoms with E-state index in [9.17, 15) is 9.90 Å². The number of halogens is 1. The highest BCUT2D eigenvalue weighted by Gasteiger charge is 2.33. The standard InChI is InChI=1S/C15H20BrNO2/c1-11-5-6-12(9-13(11)16)14(19)17-15(10-18)7-3-2-4-8-15/h5-6,9,18H,2-4,7-8,10H2,1H3,(H,17,19). The lowest BCUT2D eigenvalue weighted by atomic mass is 9.82. The SMILES string of the molecule is Cc1ccc(C(=O)NC2(CO)CCCCC2)cc1Br. The van der Waals surface area contributed by atoms with Crippen LogP contribution in [-0.2, 0) is 0 Å². The topological polar surface area (TPSA) is 49.3 Å². The molecule has 1 aromatic rings. The normalized spacial score (nSPS) is 18.1. The molecule has 1 aliphatic carbocycles. The molecule has 3 nitrogen and oxygen atoms in total. The zero-order chi connectivity index (χ0) is 13.9. The first-order chi connectivity index (χ1) is 9.06. The summed E-state index contributed by atoms with van der Waals surface area (Å²) in [5.74, 6) is -0.100. The smallest absolute Gasteiger partial charge is 0.251 e. The number of benzene rings is 1. The largest absolute Gasteiger partial charge is 0.394 e. The number of aryl methyl sites for hydroxylation is 1. The van der Waals surface area contributed by atoms with Crippen molar-refractivity contribution in [1.29, 1.82) is 0 Å². The van der Waals surface area contributed by atoms with Gasteiger partial charge >= 0.3 is 0 Å². The highest BCUT2D eigenvalue weighted by Crippen LogP contribution is 2.28. The summed E-state index contributed by atoms with van der Waals surface area (Å²) in [4.78, 5) is 12.3. The first kappa shape index (κ1) is 14.5. The van der Waals surface area contributed by atoms with E-state index >= 15 is 0 Å². The molecule has 0 heterocycles. The van der Waals surface area contributed by atoms with Crippen LogP contribution in [0.25, 0.3) is 0 Å². The van der Waals surface area contributed by atoms with E-state index in [1.807, 2.05) is 25.1 Å². The molecule has 0 aliphatic heterocycles. The van der Waals surface area contributed by atoms with E-state index in [1.54, 1.807) is 0 Å². The molecule has 1 amide bonds. The van der Waals surface area contributed by atoms with Gasteiger partial charge in [-0.3, -0.25) is 4.79 Å². The lowest BCUT2D eigenvalue weighted by Crippen LogP contribution is -2.52. The van der Waals surface area contributed by atoms with Gasteiger partial charge in [0.1, 0.15) is 0 Å². The Kier molecular flexibility index (Phi) is 4.63. The van der Waals surface area contributed by atoms with Gasteiger partial charge in [-0.15, -0.1) is 0 Å². The molecule has 4 heteroatoms. The minimum Gasteiger partial charge on any atom is -0.394 e. The molecule has 2 rings (SSSR count). The molecule has 0 aromatic heterocycles. The number of hydrogen-bond acceptors (Lipinski definition) is 2. The average Bonchev–Trinajstić information content (AvgIpc) is 2.43. The van der Waals surface area contributed by atoms with Crippen molar-refractivity contribution in [2.45, 2.75) is 44.6 Å². The Morgan fingerprint density at radius 2 is 2.05 bits per heavy atom. The predicted molar refractivity (Wildman–Crippen MR) is 79.2 cm³/mol. The first-order valence-electron chi connectivity index (χ1n) is 6.76. The molecule has 2 N–H and O–H groups in total. The van der Waals surface area contributed by atoms with Crippen LogP contribution in [0.5, 0.6) is 0 Å². The number of carbonyl (C=O) groups is 1. The Labute approximate surface area is 122 Å². The van der Waals surface area contributed by atoms with E-state index in [2.05, 4.69) is 21.2 Å². The van der Waals surface area contributed by atoms with Gasteiger partial charge < -0.3 is 10.4 Å². The second-order valence-electron chi connectivity index (χ2n) is 5.42. The maximum absolute atomic E-state index is 12.3. The molecule has 1 fully saturated rings. The fourth-order valence-electron chi connectivity index (χ4n) is 2.60. The van der Waals surface area contributed by atoms with Crippen molar-refractivity contribution in [3.05, 3.63) is 33.8 Å². The van der Waals surface area contributed by atoms with Crippen LogP contribution in [0.1, 0.15) is 48.0 Å². The summed E-state index contributed by atoms with van der Waals surface area (Å²) in [6.45, 7) is 2.01. The fraction of sp³-hybridized carbons (Fsp3) is 0.533. The number of nitrogens with one attached hydrogen (secondary N) is 1. The molecular formula is C15H20BrNO2. The zero-order valence-corrected chi connectivity index (χ0v) is 12.8. The summed E-state index contributed by atoms with van der Waals surface area (Å²) in [6, 6.07) is 5.58. The van der Waals surface area contributed by atoms with Gasteiger partial charge in [-0.25, -0.2) is 0 Å². The number of amides is 1. The van der Waals surface area contributed by atoms with Crippen molar-refractivity contribution in [2.24, 2.45) is 0 Å². The third-order valence-corrected chi connectivity index (χ3v) is 4.78. The van der Waals surface area contributed by atoms with E-state index in [0.717, 1.165) is 35.7 Å². The van der Waals surface area contributed by atoms with E-state index in [1.165, 1.54) is 6.42 Å². The zero-order valence-electron chi connectivity index (χ0n) is 11.2. The Bertz CT molecular complexity index is 467. The summed E-state index contributed by atoms with van der Waals surface area (Å²) >= 11 is 3.44. The molecule has 1 aliphatic rings. The van der Waals surface area contributed by atoms with Crippen LogP contribution in [0.15, 0.2) is 22.7 Å². The van der Waals surface area contributed by atoms with Gasteiger partial charge in [-0.1, -0.05) is 41.3 Å². The monoisotopic (exact) mass is 325 g/mol. The minimum absolute atomic E-state index is 0.0196. The van der Waals surface area contributed by atoms with Crippen molar-refractivity contribution >= 4 is 21.8 Å². The van der Waals surface area contributed by atoms with Crippen molar-refractivity contribution in [2.75, 3.05) is 6.61 Å². The lowest BCUT2D eigenvalue weighted by Gasteiger charge is -2.36. The third kappa shape index (κ3) is 3.37. The van der Waals surface area contributed by atoms with Gasteiger partial charge in [-0.2, -0.15) is 0 Å². The molecule has 0 saturated heterocycles. The molecule has 0 radical (unpaired) electrons. The maximum atomic E-state index is 12.3. The molecule has 0 bridgehead atoms. The van der Waals surface area contributed by atoms with E-state index in [-0.39, 0.29) is 12.5 Å². The number of aliphatic hydroxyl groups excluding tert-OH is 1. The molecule has 104 valence electrons. The second kappa shape index (κ2) is 6.06. The molecule has 0 unspecified atom stereocenters. The van der Waals surface area contributed by atoms with Crippen LogP contribution in [0, 0.1) is 6.92 Å². The summed E-state index contributed by atoms with van der Waals surface area (Å²) in [5, 5.41) is 12.6. The van der Waals surface area contributed by atoms with Crippen molar-refractivity contribution < 1.29 is 9.90 Å². The minimum atomic E-state index is -0.424. The van der Waals surface area contributed by atoms with Crippen LogP contribution in [0.4, 0.5) is 0 Å². The predicted octanol–water partition coefficient (Wildman–Crippen LogP) is 3.18. The summed E-state index contributed by atoms with van der Waals surface area (Å²) in [6.07, 6.45) is 5.05. The first-order valence-corrected chi connectivity index (χ1v) is 7.55. The Balaban J connectivity index is 2.12. The van der Waals surface area contributed by atoms with Gasteiger partial charge in [0.15, 0.2) is 0 Å². The number of aliphatic hydroxyl groups is 1. The number of carbonyl (C=O) groups excluding carboxylic acids is 1. The fourth-order valence-corrected chi connectivity index (χ4v) is 2.98. The molecule has 0 atom stereocenters. The molecule has 0 spiro atoms. The molecular weight excluding hydrogens is 306 g/mol. The van der Waals surface area contributed by atoms with Crippen LogP contribution in [0.2, 0.25) is 0 Å². The summed E-state index contributed by atoms with van der Waals surface area (Å²) in [7, 11) is 0. The van der Waals surface area contributed by atoms with Gasteiger partial charge in [0.2, 0.25) is 0 Å². The van der Waals surface area contributed by atoms with Crippen LogP contribution >= 0.6 is 15.9 Å². The van der Waals surface area contributed by atoms with Gasteiger partial charge in [0.05, 0.1) is 12.1 Å². The van der Waals surface area contributed by atoms with Crippen molar-refractivity contribution in [1.82, 2.24) is 5.32 Å². The van der Waals surface area contributed by atoms with Gasteiger partial charge in [0.25, 0.3) is 5.91 Å². The number of rotatable bonds is 3. The second-order valence-corrected chi connectivity index (χ2v) is 6.27. The highest BCUT2D eigenvalue weighted by molar-refractivity contribution is 9.10. The van der Waals surface area contributed by atoms with Crippen LogP contribution in [-0.4, -0.2) is 23.2 Å². The van der Waals surface area contributed by atoms with Crippen LogP contribution < -0.4 is 5.32 Å². The maximum Gasteiger partial charge on any atom is 0.251 e. The van der Waals surface area contributed by atoms with E-state index in [4.69, 9.17) is 0 Å². The highest BCUT2D eigenvalue weighted by atomic mass is 79.9. The van der Waals surface area contributed by atoms with Crippen molar-refractivity contribution in [3.8, 4) is 0 Å².